The average molecular weight is 200 g/mol. The van der Waals surface area contributed by atoms with Crippen molar-refractivity contribution < 1.29 is 37.8 Å². The summed E-state index contributed by atoms with van der Waals surface area (Å²) >= 11 is 0. The molecule has 3 rings (SSSR count). The van der Waals surface area contributed by atoms with Crippen molar-refractivity contribution in [3.63, 3.8) is 0 Å². The van der Waals surface area contributed by atoms with Crippen LogP contribution in [-0.2, 0) is 9.47 Å². The largest absolute Gasteiger partial charge is 1.00 e. The van der Waals surface area contributed by atoms with Crippen molar-refractivity contribution in [2.24, 2.45) is 0 Å². The van der Waals surface area contributed by atoms with E-state index in [9.17, 15) is 0 Å². The molecule has 2 heterocycles. The summed E-state index contributed by atoms with van der Waals surface area (Å²) in [5.41, 5.74) is 0.923. The van der Waals surface area contributed by atoms with E-state index in [2.05, 4.69) is 6.07 Å². The second-order valence-corrected chi connectivity index (χ2v) is 3.11. The fraction of sp³-hybridized carbons (Fsp3) is 0.400. The maximum Gasteiger partial charge on any atom is 1.00 e. The molecule has 1 saturated heterocycles. The molecule has 0 aromatic heterocycles. The van der Waals surface area contributed by atoms with E-state index >= 15 is 0 Å². The van der Waals surface area contributed by atoms with Crippen LogP contribution in [0, 0.1) is 6.07 Å². The number of benzene rings is 1. The van der Waals surface area contributed by atoms with Crippen LogP contribution < -0.4 is 28.3 Å². The van der Waals surface area contributed by atoms with Crippen LogP contribution in [0.15, 0.2) is 12.1 Å². The predicted molar refractivity (Wildman–Crippen MR) is 46.0 cm³/mol. The van der Waals surface area contributed by atoms with Gasteiger partial charge in [0.25, 0.3) is 0 Å². The van der Waals surface area contributed by atoms with Gasteiger partial charge in [0.1, 0.15) is 6.29 Å². The van der Waals surface area contributed by atoms with Crippen molar-refractivity contribution in [1.82, 2.24) is 0 Å². The first-order chi connectivity index (χ1) is 6.93. The van der Waals surface area contributed by atoms with E-state index in [1.165, 1.54) is 0 Å². The molecule has 0 spiro atoms. The molecular weight excluding hydrogens is 191 g/mol. The maximum absolute atomic E-state index is 5.36. The zero-order valence-electron chi connectivity index (χ0n) is 8.49. The summed E-state index contributed by atoms with van der Waals surface area (Å²) in [6.45, 7) is 1.54. The smallest absolute Gasteiger partial charge is 0.516 e. The fourth-order valence-corrected chi connectivity index (χ4v) is 1.54. The minimum absolute atomic E-state index is 0. The van der Waals surface area contributed by atoms with Gasteiger partial charge in [-0.15, -0.1) is 12.1 Å². The van der Waals surface area contributed by atoms with Gasteiger partial charge in [-0.3, -0.25) is 0 Å². The summed E-state index contributed by atoms with van der Waals surface area (Å²) in [5, 5.41) is 0. The molecule has 1 fully saturated rings. The number of hydrogen-bond acceptors (Lipinski definition) is 4. The Morgan fingerprint density at radius 3 is 2.80 bits per heavy atom. The average Bonchev–Trinajstić information content (AvgIpc) is 2.88. The van der Waals surface area contributed by atoms with Gasteiger partial charge in [-0.1, -0.05) is 5.56 Å². The van der Waals surface area contributed by atoms with Crippen molar-refractivity contribution in [3.05, 3.63) is 23.8 Å². The first-order valence-electron chi connectivity index (χ1n) is 4.48. The first-order valence-corrected chi connectivity index (χ1v) is 4.48. The molecule has 74 valence electrons. The van der Waals surface area contributed by atoms with Crippen LogP contribution in [0.2, 0.25) is 0 Å². The second-order valence-electron chi connectivity index (χ2n) is 3.11. The topological polar surface area (TPSA) is 36.9 Å². The van der Waals surface area contributed by atoms with Crippen LogP contribution in [0.5, 0.6) is 11.5 Å². The summed E-state index contributed by atoms with van der Waals surface area (Å²) in [7, 11) is 0. The molecule has 0 aliphatic carbocycles. The third kappa shape index (κ3) is 1.99. The minimum atomic E-state index is -0.277. The Balaban J connectivity index is 0.000000853. The second kappa shape index (κ2) is 4.46. The van der Waals surface area contributed by atoms with E-state index in [1.54, 1.807) is 0 Å². The Bertz CT molecular complexity index is 349. The van der Waals surface area contributed by atoms with Crippen LogP contribution in [-0.4, -0.2) is 20.0 Å². The fourth-order valence-electron chi connectivity index (χ4n) is 1.54. The number of fused-ring (bicyclic) bond motifs is 1. The van der Waals surface area contributed by atoms with E-state index in [4.69, 9.17) is 18.9 Å². The summed E-state index contributed by atoms with van der Waals surface area (Å²) in [4.78, 5) is 0. The number of rotatable bonds is 1. The van der Waals surface area contributed by atoms with Crippen molar-refractivity contribution in [2.75, 3.05) is 20.0 Å². The van der Waals surface area contributed by atoms with E-state index in [0.717, 1.165) is 5.56 Å². The van der Waals surface area contributed by atoms with E-state index < -0.39 is 0 Å². The maximum atomic E-state index is 5.36. The molecule has 1 aromatic rings. The molecule has 0 radical (unpaired) electrons. The third-order valence-corrected chi connectivity index (χ3v) is 2.20. The van der Waals surface area contributed by atoms with Crippen LogP contribution >= 0.6 is 0 Å². The predicted octanol–water partition coefficient (Wildman–Crippen LogP) is -1.74. The van der Waals surface area contributed by atoms with Gasteiger partial charge in [0.15, 0.2) is 0 Å². The summed E-state index contributed by atoms with van der Waals surface area (Å²) < 4.78 is 21.1. The summed E-state index contributed by atoms with van der Waals surface area (Å²) in [6, 6.07) is 6.67. The molecule has 5 heteroatoms. The molecule has 0 N–H and O–H groups in total. The van der Waals surface area contributed by atoms with Gasteiger partial charge in [-0.2, -0.15) is 6.07 Å². The molecule has 0 unspecified atom stereocenters. The Morgan fingerprint density at radius 1 is 1.20 bits per heavy atom. The Morgan fingerprint density at radius 2 is 2.00 bits per heavy atom. The molecule has 2 aliphatic rings. The van der Waals surface area contributed by atoms with Gasteiger partial charge >= 0.3 is 18.9 Å². The van der Waals surface area contributed by atoms with Crippen LogP contribution in [0.1, 0.15) is 11.9 Å². The van der Waals surface area contributed by atoms with Crippen molar-refractivity contribution >= 4 is 0 Å². The molecule has 0 saturated carbocycles. The normalized spacial score (nSPS) is 18.9. The Hall–Kier alpha value is -0.663. The molecule has 0 amide bonds. The van der Waals surface area contributed by atoms with Crippen molar-refractivity contribution in [2.45, 2.75) is 6.29 Å². The number of hydrogen-bond donors (Lipinski definition) is 0. The zero-order valence-corrected chi connectivity index (χ0v) is 8.49. The number of ether oxygens (including phenoxy) is 4. The quantitative estimate of drug-likeness (QED) is 0.398. The molecule has 2 aliphatic heterocycles. The van der Waals surface area contributed by atoms with Gasteiger partial charge in [-0.25, -0.2) is 0 Å². The van der Waals surface area contributed by atoms with E-state index in [-0.39, 0.29) is 31.9 Å². The van der Waals surface area contributed by atoms with Gasteiger partial charge in [-0.05, 0) is 0 Å². The summed E-state index contributed by atoms with van der Waals surface area (Å²) in [5.74, 6) is 1.37. The molecular formula is C10H9LiO4. The monoisotopic (exact) mass is 200 g/mol. The van der Waals surface area contributed by atoms with Crippen molar-refractivity contribution in [1.29, 1.82) is 0 Å². The van der Waals surface area contributed by atoms with Crippen molar-refractivity contribution in [3.8, 4) is 11.5 Å². The Labute approximate surface area is 99.6 Å². The standard InChI is InChI=1S/C10H9O4.Li/c1-2-8-9(14-6-13-8)5-7(1)10-11-3-4-12-10;/h1,5,10H,3-4,6H2;/q-1;+1. The zero-order chi connectivity index (χ0) is 9.38. The molecule has 4 nitrogen and oxygen atoms in total. The molecule has 0 atom stereocenters. The Kier molecular flexibility index (Phi) is 3.22. The van der Waals surface area contributed by atoms with E-state index in [0.29, 0.717) is 24.7 Å². The van der Waals surface area contributed by atoms with Gasteiger partial charge in [0, 0.05) is 0 Å². The SMILES string of the molecule is [Li+].[c-]1cc(C2OCCO2)cc2c1OCO2. The molecule has 15 heavy (non-hydrogen) atoms. The van der Waals surface area contributed by atoms with Gasteiger partial charge in [0.2, 0.25) is 6.79 Å². The van der Waals surface area contributed by atoms with Gasteiger partial charge < -0.3 is 18.9 Å². The van der Waals surface area contributed by atoms with Crippen LogP contribution in [0.25, 0.3) is 0 Å². The first kappa shape index (κ1) is 10.8. The molecule has 1 aromatic carbocycles. The van der Waals surface area contributed by atoms with Gasteiger partial charge in [0.05, 0.1) is 24.7 Å². The van der Waals surface area contributed by atoms with E-state index in [1.807, 2.05) is 12.1 Å². The third-order valence-electron chi connectivity index (χ3n) is 2.20. The van der Waals surface area contributed by atoms with Crippen LogP contribution in [0.3, 0.4) is 0 Å². The minimum Gasteiger partial charge on any atom is -0.516 e. The van der Waals surface area contributed by atoms with Crippen LogP contribution in [0.4, 0.5) is 0 Å². The summed E-state index contributed by atoms with van der Waals surface area (Å²) in [6.07, 6.45) is -0.277. The molecule has 0 bridgehead atoms.